The maximum atomic E-state index is 12.5. The molecular formula is C16H23NO5. The highest BCUT2D eigenvalue weighted by Crippen LogP contribution is 2.28. The Labute approximate surface area is 130 Å². The summed E-state index contributed by atoms with van der Waals surface area (Å²) in [4.78, 5) is 24.8. The lowest BCUT2D eigenvalue weighted by atomic mass is 10.1. The molecule has 22 heavy (non-hydrogen) atoms. The monoisotopic (exact) mass is 309 g/mol. The van der Waals surface area contributed by atoms with Crippen LogP contribution in [-0.4, -0.2) is 48.7 Å². The van der Waals surface area contributed by atoms with Crippen LogP contribution in [-0.2, 0) is 4.79 Å². The van der Waals surface area contributed by atoms with Gasteiger partial charge < -0.3 is 19.5 Å². The molecule has 0 atom stereocenters. The number of hydrogen-bond acceptors (Lipinski definition) is 4. The number of hydrogen-bond donors (Lipinski definition) is 1. The van der Waals surface area contributed by atoms with Crippen molar-refractivity contribution in [2.24, 2.45) is 5.92 Å². The quantitative estimate of drug-likeness (QED) is 0.797. The normalized spacial score (nSPS) is 10.4. The molecule has 0 spiro atoms. The SMILES string of the molecule is CCOc1ccc(C(=O)N(CC(=O)O)CC(C)C)cc1OC. The zero-order valence-electron chi connectivity index (χ0n) is 13.5. The molecule has 1 aromatic rings. The van der Waals surface area contributed by atoms with Crippen molar-refractivity contribution in [1.29, 1.82) is 0 Å². The van der Waals surface area contributed by atoms with Crippen LogP contribution in [0.5, 0.6) is 11.5 Å². The molecule has 0 saturated heterocycles. The largest absolute Gasteiger partial charge is 0.493 e. The van der Waals surface area contributed by atoms with E-state index in [1.54, 1.807) is 18.2 Å². The summed E-state index contributed by atoms with van der Waals surface area (Å²) in [6, 6.07) is 4.84. The van der Waals surface area contributed by atoms with Crippen LogP contribution in [0.25, 0.3) is 0 Å². The van der Waals surface area contributed by atoms with Crippen LogP contribution in [0.4, 0.5) is 0 Å². The summed E-state index contributed by atoms with van der Waals surface area (Å²) in [5, 5.41) is 8.97. The van der Waals surface area contributed by atoms with Gasteiger partial charge in [0.1, 0.15) is 6.54 Å². The number of rotatable bonds is 8. The highest BCUT2D eigenvalue weighted by molar-refractivity contribution is 5.96. The number of methoxy groups -OCH3 is 1. The molecule has 6 nitrogen and oxygen atoms in total. The topological polar surface area (TPSA) is 76.1 Å². The van der Waals surface area contributed by atoms with Crippen LogP contribution >= 0.6 is 0 Å². The van der Waals surface area contributed by atoms with Crippen LogP contribution in [0.3, 0.4) is 0 Å². The molecule has 6 heteroatoms. The predicted octanol–water partition coefficient (Wildman–Crippen LogP) is 2.28. The van der Waals surface area contributed by atoms with Gasteiger partial charge in [-0.3, -0.25) is 9.59 Å². The van der Waals surface area contributed by atoms with Gasteiger partial charge in [-0.2, -0.15) is 0 Å². The zero-order valence-corrected chi connectivity index (χ0v) is 13.5. The first-order valence-corrected chi connectivity index (χ1v) is 7.20. The molecule has 1 rings (SSSR count). The predicted molar refractivity (Wildman–Crippen MR) is 82.5 cm³/mol. The van der Waals surface area contributed by atoms with Crippen molar-refractivity contribution in [3.05, 3.63) is 23.8 Å². The maximum Gasteiger partial charge on any atom is 0.323 e. The fraction of sp³-hybridized carbons (Fsp3) is 0.500. The Kier molecular flexibility index (Phi) is 6.69. The molecule has 0 aliphatic heterocycles. The second kappa shape index (κ2) is 8.26. The average Bonchev–Trinajstić information content (AvgIpc) is 2.45. The smallest absolute Gasteiger partial charge is 0.323 e. The highest BCUT2D eigenvalue weighted by atomic mass is 16.5. The van der Waals surface area contributed by atoms with E-state index in [0.29, 0.717) is 30.2 Å². The van der Waals surface area contributed by atoms with Gasteiger partial charge in [-0.1, -0.05) is 13.8 Å². The van der Waals surface area contributed by atoms with Gasteiger partial charge in [0.25, 0.3) is 5.91 Å². The molecule has 0 bridgehead atoms. The number of nitrogens with zero attached hydrogens (tertiary/aromatic N) is 1. The standard InChI is InChI=1S/C16H23NO5/c1-5-22-13-7-6-12(8-14(13)21-4)16(20)17(9-11(2)3)10-15(18)19/h6-8,11H,5,9-10H2,1-4H3,(H,18,19). The van der Waals surface area contributed by atoms with Crippen LogP contribution in [0.15, 0.2) is 18.2 Å². The molecule has 0 aliphatic carbocycles. The van der Waals surface area contributed by atoms with Crippen molar-refractivity contribution in [2.45, 2.75) is 20.8 Å². The third-order valence-electron chi connectivity index (χ3n) is 2.91. The van der Waals surface area contributed by atoms with E-state index in [1.807, 2.05) is 20.8 Å². The van der Waals surface area contributed by atoms with Crippen LogP contribution < -0.4 is 9.47 Å². The fourth-order valence-corrected chi connectivity index (χ4v) is 2.08. The van der Waals surface area contributed by atoms with E-state index in [4.69, 9.17) is 14.6 Å². The van der Waals surface area contributed by atoms with Gasteiger partial charge in [-0.15, -0.1) is 0 Å². The lowest BCUT2D eigenvalue weighted by Crippen LogP contribution is -2.38. The Morgan fingerprint density at radius 2 is 1.95 bits per heavy atom. The summed E-state index contributed by atoms with van der Waals surface area (Å²) >= 11 is 0. The lowest BCUT2D eigenvalue weighted by Gasteiger charge is -2.23. The van der Waals surface area contributed by atoms with Gasteiger partial charge >= 0.3 is 5.97 Å². The minimum Gasteiger partial charge on any atom is -0.493 e. The summed E-state index contributed by atoms with van der Waals surface area (Å²) in [7, 11) is 1.50. The van der Waals surface area contributed by atoms with Crippen molar-refractivity contribution >= 4 is 11.9 Å². The second-order valence-corrected chi connectivity index (χ2v) is 5.27. The van der Waals surface area contributed by atoms with Crippen LogP contribution in [0.1, 0.15) is 31.1 Å². The lowest BCUT2D eigenvalue weighted by molar-refractivity contribution is -0.137. The summed E-state index contributed by atoms with van der Waals surface area (Å²) in [6.07, 6.45) is 0. The summed E-state index contributed by atoms with van der Waals surface area (Å²) in [6.45, 7) is 6.26. The van der Waals surface area contributed by atoms with E-state index in [1.165, 1.54) is 12.0 Å². The van der Waals surface area contributed by atoms with E-state index in [9.17, 15) is 9.59 Å². The Balaban J connectivity index is 3.04. The number of amides is 1. The molecule has 0 saturated carbocycles. The van der Waals surface area contributed by atoms with Crippen molar-refractivity contribution in [3.8, 4) is 11.5 Å². The Bertz CT molecular complexity index is 527. The van der Waals surface area contributed by atoms with E-state index in [0.717, 1.165) is 0 Å². The molecule has 1 amide bonds. The van der Waals surface area contributed by atoms with Gasteiger partial charge in [0.15, 0.2) is 11.5 Å². The first-order chi connectivity index (χ1) is 10.4. The van der Waals surface area contributed by atoms with Crippen molar-refractivity contribution < 1.29 is 24.2 Å². The van der Waals surface area contributed by atoms with E-state index >= 15 is 0 Å². The maximum absolute atomic E-state index is 12.5. The molecular weight excluding hydrogens is 286 g/mol. The molecule has 1 N–H and O–H groups in total. The van der Waals surface area contributed by atoms with Crippen molar-refractivity contribution in [2.75, 3.05) is 26.8 Å². The minimum atomic E-state index is -1.04. The first kappa shape index (κ1) is 17.8. The number of carboxylic acids is 1. The number of ether oxygens (including phenoxy) is 2. The zero-order chi connectivity index (χ0) is 16.7. The fourth-order valence-electron chi connectivity index (χ4n) is 2.08. The van der Waals surface area contributed by atoms with Crippen molar-refractivity contribution in [3.63, 3.8) is 0 Å². The minimum absolute atomic E-state index is 0.174. The van der Waals surface area contributed by atoms with E-state index in [-0.39, 0.29) is 18.4 Å². The molecule has 0 aliphatic rings. The van der Waals surface area contributed by atoms with Gasteiger partial charge in [0.2, 0.25) is 0 Å². The van der Waals surface area contributed by atoms with E-state index < -0.39 is 5.97 Å². The van der Waals surface area contributed by atoms with E-state index in [2.05, 4.69) is 0 Å². The van der Waals surface area contributed by atoms with Gasteiger partial charge in [0.05, 0.1) is 13.7 Å². The molecule has 0 aromatic heterocycles. The summed E-state index contributed by atoms with van der Waals surface area (Å²) in [5.41, 5.74) is 0.377. The number of aliphatic carboxylic acids is 1. The number of carboxylic acid groups (broad SMARTS) is 1. The average molecular weight is 309 g/mol. The number of carbonyl (C=O) groups excluding carboxylic acids is 1. The van der Waals surface area contributed by atoms with Crippen LogP contribution in [0.2, 0.25) is 0 Å². The summed E-state index contributed by atoms with van der Waals surface area (Å²) < 4.78 is 10.6. The van der Waals surface area contributed by atoms with Gasteiger partial charge in [-0.05, 0) is 31.0 Å². The second-order valence-electron chi connectivity index (χ2n) is 5.27. The third-order valence-corrected chi connectivity index (χ3v) is 2.91. The number of carbonyl (C=O) groups is 2. The molecule has 122 valence electrons. The van der Waals surface area contributed by atoms with Gasteiger partial charge in [0, 0.05) is 12.1 Å². The third kappa shape index (κ3) is 4.95. The number of benzene rings is 1. The highest BCUT2D eigenvalue weighted by Gasteiger charge is 2.21. The summed E-state index contributed by atoms with van der Waals surface area (Å²) in [5.74, 6) is -0.194. The molecule has 0 fully saturated rings. The Morgan fingerprint density at radius 1 is 1.27 bits per heavy atom. The molecule has 1 aromatic carbocycles. The van der Waals surface area contributed by atoms with Crippen LogP contribution in [0, 0.1) is 5.92 Å². The van der Waals surface area contributed by atoms with Gasteiger partial charge in [-0.25, -0.2) is 0 Å². The Hall–Kier alpha value is -2.24. The molecule has 0 radical (unpaired) electrons. The molecule has 0 heterocycles. The van der Waals surface area contributed by atoms with Crippen molar-refractivity contribution in [1.82, 2.24) is 4.90 Å². The Morgan fingerprint density at radius 3 is 2.45 bits per heavy atom. The molecule has 0 unspecified atom stereocenters. The first-order valence-electron chi connectivity index (χ1n) is 7.20.